The van der Waals surface area contributed by atoms with Crippen LogP contribution in [0, 0.1) is 0 Å². The Morgan fingerprint density at radius 1 is 1.32 bits per heavy atom. The average molecular weight is 279 g/mol. The number of nitrogens with zero attached hydrogens (tertiary/aromatic N) is 1. The molecule has 2 unspecified atom stereocenters. The Labute approximate surface area is 121 Å². The molecule has 0 bridgehead atoms. The van der Waals surface area contributed by atoms with Crippen LogP contribution in [0.4, 0.5) is 0 Å². The van der Waals surface area contributed by atoms with Gasteiger partial charge in [0.15, 0.2) is 0 Å². The Kier molecular flexibility index (Phi) is 4.11. The van der Waals surface area contributed by atoms with Crippen molar-refractivity contribution in [2.24, 2.45) is 0 Å². The highest BCUT2D eigenvalue weighted by atomic mass is 35.5. The summed E-state index contributed by atoms with van der Waals surface area (Å²) < 4.78 is 0. The molecule has 1 aliphatic heterocycles. The van der Waals surface area contributed by atoms with Crippen LogP contribution in [0.5, 0.6) is 0 Å². The first-order valence-electron chi connectivity index (χ1n) is 7.51. The van der Waals surface area contributed by atoms with Crippen LogP contribution in [-0.2, 0) is 12.8 Å². The lowest BCUT2D eigenvalue weighted by atomic mass is 10.1. The first kappa shape index (κ1) is 13.4. The van der Waals surface area contributed by atoms with Crippen molar-refractivity contribution in [1.82, 2.24) is 10.2 Å². The van der Waals surface area contributed by atoms with Gasteiger partial charge in [0.25, 0.3) is 0 Å². The Balaban J connectivity index is 1.53. The predicted molar refractivity (Wildman–Crippen MR) is 80.9 cm³/mol. The first-order chi connectivity index (χ1) is 9.26. The SMILES string of the molecule is CCN1CCCC1CNC1Cc2ccc(Cl)cc2C1. The van der Waals surface area contributed by atoms with E-state index in [4.69, 9.17) is 11.6 Å². The minimum atomic E-state index is 0.604. The largest absolute Gasteiger partial charge is 0.312 e. The molecule has 1 aromatic rings. The van der Waals surface area contributed by atoms with Gasteiger partial charge in [-0.1, -0.05) is 24.6 Å². The van der Waals surface area contributed by atoms with Gasteiger partial charge in [-0.05, 0) is 62.0 Å². The van der Waals surface area contributed by atoms with Gasteiger partial charge >= 0.3 is 0 Å². The van der Waals surface area contributed by atoms with Crippen molar-refractivity contribution < 1.29 is 0 Å². The van der Waals surface area contributed by atoms with Crippen LogP contribution in [0.3, 0.4) is 0 Å². The third-order valence-electron chi connectivity index (χ3n) is 4.65. The summed E-state index contributed by atoms with van der Waals surface area (Å²) in [6.45, 7) is 5.88. The van der Waals surface area contributed by atoms with Crippen molar-refractivity contribution in [3.05, 3.63) is 34.3 Å². The molecule has 3 heteroatoms. The van der Waals surface area contributed by atoms with Gasteiger partial charge in [0.05, 0.1) is 0 Å². The van der Waals surface area contributed by atoms with E-state index < -0.39 is 0 Å². The minimum Gasteiger partial charge on any atom is -0.312 e. The van der Waals surface area contributed by atoms with Crippen molar-refractivity contribution in [3.63, 3.8) is 0 Å². The fraction of sp³-hybridized carbons (Fsp3) is 0.625. The van der Waals surface area contributed by atoms with E-state index in [0.29, 0.717) is 6.04 Å². The molecule has 0 spiro atoms. The van der Waals surface area contributed by atoms with Crippen LogP contribution in [0.15, 0.2) is 18.2 Å². The molecule has 1 fully saturated rings. The molecule has 0 aromatic heterocycles. The van der Waals surface area contributed by atoms with Crippen LogP contribution < -0.4 is 5.32 Å². The normalized spacial score (nSPS) is 26.8. The van der Waals surface area contributed by atoms with Gasteiger partial charge < -0.3 is 5.32 Å². The summed E-state index contributed by atoms with van der Waals surface area (Å²) in [5, 5.41) is 4.64. The first-order valence-corrected chi connectivity index (χ1v) is 7.89. The van der Waals surface area contributed by atoms with Gasteiger partial charge in [-0.15, -0.1) is 0 Å². The van der Waals surface area contributed by atoms with Crippen LogP contribution in [0.25, 0.3) is 0 Å². The lowest BCUT2D eigenvalue weighted by Gasteiger charge is -2.24. The molecule has 0 saturated carbocycles. The average Bonchev–Trinajstić information content (AvgIpc) is 3.01. The van der Waals surface area contributed by atoms with Crippen LogP contribution in [0.2, 0.25) is 5.02 Å². The molecule has 2 atom stereocenters. The molecule has 1 aromatic carbocycles. The Morgan fingerprint density at radius 2 is 2.16 bits per heavy atom. The third-order valence-corrected chi connectivity index (χ3v) is 4.88. The second-order valence-corrected chi connectivity index (χ2v) is 6.29. The highest BCUT2D eigenvalue weighted by molar-refractivity contribution is 6.30. The number of rotatable bonds is 4. The van der Waals surface area contributed by atoms with Gasteiger partial charge in [0.2, 0.25) is 0 Å². The summed E-state index contributed by atoms with van der Waals surface area (Å²) in [5.41, 5.74) is 2.91. The van der Waals surface area contributed by atoms with Crippen molar-refractivity contribution in [2.45, 2.75) is 44.7 Å². The molecule has 1 N–H and O–H groups in total. The number of nitrogens with one attached hydrogen (secondary N) is 1. The minimum absolute atomic E-state index is 0.604. The van der Waals surface area contributed by atoms with E-state index in [2.05, 4.69) is 29.3 Å². The van der Waals surface area contributed by atoms with Gasteiger partial charge in [-0.25, -0.2) is 0 Å². The molecule has 1 aliphatic carbocycles. The molecule has 19 heavy (non-hydrogen) atoms. The second-order valence-electron chi connectivity index (χ2n) is 5.85. The molecular weight excluding hydrogens is 256 g/mol. The molecular formula is C16H23ClN2. The van der Waals surface area contributed by atoms with Gasteiger partial charge in [0, 0.05) is 23.7 Å². The maximum absolute atomic E-state index is 6.06. The number of hydrogen-bond acceptors (Lipinski definition) is 2. The number of likely N-dealkylation sites (tertiary alicyclic amines) is 1. The monoisotopic (exact) mass is 278 g/mol. The van der Waals surface area contributed by atoms with Gasteiger partial charge in [-0.2, -0.15) is 0 Å². The van der Waals surface area contributed by atoms with E-state index in [-0.39, 0.29) is 0 Å². The lowest BCUT2D eigenvalue weighted by Crippen LogP contribution is -2.42. The summed E-state index contributed by atoms with van der Waals surface area (Å²) in [7, 11) is 0. The van der Waals surface area contributed by atoms with E-state index in [9.17, 15) is 0 Å². The molecule has 2 nitrogen and oxygen atoms in total. The summed E-state index contributed by atoms with van der Waals surface area (Å²) in [6.07, 6.45) is 5.01. The molecule has 1 heterocycles. The van der Waals surface area contributed by atoms with E-state index in [0.717, 1.165) is 30.5 Å². The van der Waals surface area contributed by atoms with E-state index in [1.54, 1.807) is 0 Å². The van der Waals surface area contributed by atoms with Crippen molar-refractivity contribution in [2.75, 3.05) is 19.6 Å². The Bertz CT molecular complexity index is 446. The van der Waals surface area contributed by atoms with Crippen LogP contribution >= 0.6 is 11.6 Å². The van der Waals surface area contributed by atoms with E-state index >= 15 is 0 Å². The van der Waals surface area contributed by atoms with E-state index in [1.807, 2.05) is 6.07 Å². The topological polar surface area (TPSA) is 15.3 Å². The molecule has 0 amide bonds. The fourth-order valence-electron chi connectivity index (χ4n) is 3.58. The zero-order valence-electron chi connectivity index (χ0n) is 11.7. The van der Waals surface area contributed by atoms with Crippen molar-refractivity contribution in [3.8, 4) is 0 Å². The van der Waals surface area contributed by atoms with Crippen LogP contribution in [-0.4, -0.2) is 36.6 Å². The second kappa shape index (κ2) is 5.82. The quantitative estimate of drug-likeness (QED) is 0.911. The highest BCUT2D eigenvalue weighted by Crippen LogP contribution is 2.25. The fourth-order valence-corrected chi connectivity index (χ4v) is 3.77. The van der Waals surface area contributed by atoms with E-state index in [1.165, 1.54) is 37.1 Å². The van der Waals surface area contributed by atoms with Crippen LogP contribution in [0.1, 0.15) is 30.9 Å². The number of fused-ring (bicyclic) bond motifs is 1. The van der Waals surface area contributed by atoms with Crippen molar-refractivity contribution >= 4 is 11.6 Å². The lowest BCUT2D eigenvalue weighted by molar-refractivity contribution is 0.254. The number of likely N-dealkylation sites (N-methyl/N-ethyl adjacent to an activating group) is 1. The standard InChI is InChI=1S/C16H23ClN2/c1-2-19-7-3-4-16(19)11-18-15-9-12-5-6-14(17)8-13(12)10-15/h5-6,8,15-16,18H,2-4,7,9-11H2,1H3. The molecule has 2 aliphatic rings. The number of benzene rings is 1. The maximum Gasteiger partial charge on any atom is 0.0408 e. The Hall–Kier alpha value is -0.570. The summed E-state index contributed by atoms with van der Waals surface area (Å²) in [6, 6.07) is 7.68. The molecule has 1 saturated heterocycles. The Morgan fingerprint density at radius 3 is 3.00 bits per heavy atom. The zero-order chi connectivity index (χ0) is 13.2. The molecule has 3 rings (SSSR count). The summed E-state index contributed by atoms with van der Waals surface area (Å²) >= 11 is 6.06. The van der Waals surface area contributed by atoms with Gasteiger partial charge in [0.1, 0.15) is 0 Å². The summed E-state index contributed by atoms with van der Waals surface area (Å²) in [5.74, 6) is 0. The maximum atomic E-state index is 6.06. The third kappa shape index (κ3) is 2.96. The zero-order valence-corrected chi connectivity index (χ0v) is 12.4. The number of hydrogen-bond donors (Lipinski definition) is 1. The highest BCUT2D eigenvalue weighted by Gasteiger charge is 2.26. The summed E-state index contributed by atoms with van der Waals surface area (Å²) in [4.78, 5) is 2.60. The molecule has 104 valence electrons. The van der Waals surface area contributed by atoms with Gasteiger partial charge in [-0.3, -0.25) is 4.90 Å². The predicted octanol–water partition coefficient (Wildman–Crippen LogP) is 2.88. The molecule has 0 radical (unpaired) electrons. The number of halogens is 1. The van der Waals surface area contributed by atoms with Crippen molar-refractivity contribution in [1.29, 1.82) is 0 Å². The smallest absolute Gasteiger partial charge is 0.0408 e.